The highest BCUT2D eigenvalue weighted by molar-refractivity contribution is 7.92. The molecule has 0 aromatic rings. The molecule has 2 atom stereocenters. The number of hydrogen-bond acceptors (Lipinski definition) is 3. The first kappa shape index (κ1) is 14.5. The zero-order chi connectivity index (χ0) is 11.9. The van der Waals surface area contributed by atoms with Crippen LogP contribution in [-0.2, 0) is 9.84 Å². The first-order valence-corrected chi connectivity index (χ1v) is 7.01. The van der Waals surface area contributed by atoms with E-state index in [0.29, 0.717) is 13.1 Å². The zero-order valence-electron chi connectivity index (χ0n) is 9.79. The van der Waals surface area contributed by atoms with Crippen LogP contribution in [0.3, 0.4) is 0 Å². The van der Waals surface area contributed by atoms with Gasteiger partial charge in [-0.05, 0) is 12.8 Å². The summed E-state index contributed by atoms with van der Waals surface area (Å²) in [6.45, 7) is 6.54. The summed E-state index contributed by atoms with van der Waals surface area (Å²) in [7, 11) is -2.98. The molecule has 0 fully saturated rings. The molecule has 0 bridgehead atoms. The largest absolute Gasteiger partial charge is 0.305 e. The summed E-state index contributed by atoms with van der Waals surface area (Å²) in [6.07, 6.45) is 5.96. The Kier molecular flexibility index (Phi) is 6.62. The van der Waals surface area contributed by atoms with Crippen molar-refractivity contribution in [3.05, 3.63) is 0 Å². The van der Waals surface area contributed by atoms with E-state index in [1.807, 2.05) is 13.8 Å². The second-order valence-electron chi connectivity index (χ2n) is 3.99. The molecule has 0 aliphatic heterocycles. The Morgan fingerprint density at radius 3 is 2.47 bits per heavy atom. The summed E-state index contributed by atoms with van der Waals surface area (Å²) in [6, 6.07) is 0. The average molecular weight is 231 g/mol. The minimum absolute atomic E-state index is 0.227. The molecule has 0 heterocycles. The summed E-state index contributed by atoms with van der Waals surface area (Å²) in [4.78, 5) is 0. The first-order valence-electron chi connectivity index (χ1n) is 5.29. The molecule has 0 saturated heterocycles. The van der Waals surface area contributed by atoms with Crippen LogP contribution in [-0.4, -0.2) is 32.5 Å². The quantitative estimate of drug-likeness (QED) is 0.526. The lowest BCUT2D eigenvalue weighted by molar-refractivity contribution is 0.549. The molecule has 15 heavy (non-hydrogen) atoms. The maximum atomic E-state index is 11.8. The highest BCUT2D eigenvalue weighted by atomic mass is 32.2. The third kappa shape index (κ3) is 5.81. The Hall–Kier alpha value is -0.530. The van der Waals surface area contributed by atoms with E-state index in [4.69, 9.17) is 6.42 Å². The highest BCUT2D eigenvalue weighted by Crippen LogP contribution is 2.10. The van der Waals surface area contributed by atoms with E-state index in [0.717, 1.165) is 6.42 Å². The molecule has 0 aromatic carbocycles. The molecule has 3 nitrogen and oxygen atoms in total. The van der Waals surface area contributed by atoms with Gasteiger partial charge in [0.2, 0.25) is 0 Å². The zero-order valence-corrected chi connectivity index (χ0v) is 10.6. The number of rotatable bonds is 7. The van der Waals surface area contributed by atoms with Crippen LogP contribution in [0.1, 0.15) is 27.2 Å². The minimum Gasteiger partial charge on any atom is -0.305 e. The van der Waals surface area contributed by atoms with Crippen LogP contribution >= 0.6 is 0 Å². The van der Waals surface area contributed by atoms with Crippen molar-refractivity contribution >= 4 is 9.84 Å². The Labute approximate surface area is 93.6 Å². The monoisotopic (exact) mass is 231 g/mol. The molecular formula is C11H21NO2S. The van der Waals surface area contributed by atoms with E-state index >= 15 is 0 Å². The van der Waals surface area contributed by atoms with Crippen LogP contribution in [0.4, 0.5) is 0 Å². The van der Waals surface area contributed by atoms with Gasteiger partial charge in [-0.3, -0.25) is 0 Å². The molecule has 0 spiro atoms. The van der Waals surface area contributed by atoms with Crippen molar-refractivity contribution in [3.63, 3.8) is 0 Å². The molecule has 88 valence electrons. The van der Waals surface area contributed by atoms with Gasteiger partial charge in [0.05, 0.1) is 17.5 Å². The maximum absolute atomic E-state index is 11.8. The second-order valence-corrected chi connectivity index (χ2v) is 6.45. The van der Waals surface area contributed by atoms with Crippen molar-refractivity contribution < 1.29 is 8.42 Å². The molecule has 1 N–H and O–H groups in total. The summed E-state index contributed by atoms with van der Waals surface area (Å²) in [5, 5.41) is 2.56. The molecule has 0 amide bonds. The van der Waals surface area contributed by atoms with Gasteiger partial charge in [0, 0.05) is 6.54 Å². The first-order chi connectivity index (χ1) is 6.94. The van der Waals surface area contributed by atoms with E-state index < -0.39 is 9.84 Å². The predicted molar refractivity (Wildman–Crippen MR) is 64.4 cm³/mol. The average Bonchev–Trinajstić information content (AvgIpc) is 2.17. The van der Waals surface area contributed by atoms with Gasteiger partial charge in [-0.2, -0.15) is 0 Å². The third-order valence-corrected chi connectivity index (χ3v) is 4.91. The van der Waals surface area contributed by atoms with Crippen molar-refractivity contribution in [2.45, 2.75) is 32.4 Å². The maximum Gasteiger partial charge on any atom is 0.154 e. The van der Waals surface area contributed by atoms with Crippen molar-refractivity contribution in [2.75, 3.05) is 18.8 Å². The van der Waals surface area contributed by atoms with Crippen LogP contribution in [0.5, 0.6) is 0 Å². The van der Waals surface area contributed by atoms with Gasteiger partial charge in [-0.15, -0.1) is 6.42 Å². The Bertz CT molecular complexity index is 303. The number of terminal acetylenes is 1. The fourth-order valence-electron chi connectivity index (χ4n) is 1.15. The smallest absolute Gasteiger partial charge is 0.154 e. The molecule has 2 unspecified atom stereocenters. The minimum atomic E-state index is -2.98. The lowest BCUT2D eigenvalue weighted by Gasteiger charge is -2.15. The Balaban J connectivity index is 4.16. The van der Waals surface area contributed by atoms with E-state index in [2.05, 4.69) is 11.2 Å². The summed E-state index contributed by atoms with van der Waals surface area (Å²) in [5.74, 6) is 2.91. The van der Waals surface area contributed by atoms with Gasteiger partial charge in [0.15, 0.2) is 9.84 Å². The Morgan fingerprint density at radius 2 is 2.00 bits per heavy atom. The van der Waals surface area contributed by atoms with Crippen LogP contribution in [0.15, 0.2) is 0 Å². The van der Waals surface area contributed by atoms with Crippen LogP contribution < -0.4 is 5.32 Å². The SMILES string of the molecule is C#CCNCC(C)S(=O)(=O)CC(C)CC. The van der Waals surface area contributed by atoms with Gasteiger partial charge in [0.1, 0.15) is 0 Å². The van der Waals surface area contributed by atoms with Crippen LogP contribution in [0.2, 0.25) is 0 Å². The van der Waals surface area contributed by atoms with E-state index in [1.165, 1.54) is 0 Å². The van der Waals surface area contributed by atoms with Crippen molar-refractivity contribution in [1.29, 1.82) is 0 Å². The van der Waals surface area contributed by atoms with Crippen LogP contribution in [0.25, 0.3) is 0 Å². The second kappa shape index (κ2) is 6.86. The fraction of sp³-hybridized carbons (Fsp3) is 0.818. The van der Waals surface area contributed by atoms with E-state index in [9.17, 15) is 8.42 Å². The Morgan fingerprint density at radius 1 is 1.40 bits per heavy atom. The lowest BCUT2D eigenvalue weighted by atomic mass is 10.2. The molecule has 0 radical (unpaired) electrons. The molecule has 0 aliphatic rings. The standard InChI is InChI=1S/C11H21NO2S/c1-5-7-12-8-11(4)15(13,14)9-10(3)6-2/h1,10-12H,6-9H2,2-4H3. The summed E-state index contributed by atoms with van der Waals surface area (Å²) < 4.78 is 23.6. The molecule has 0 aromatic heterocycles. The van der Waals surface area contributed by atoms with Gasteiger partial charge < -0.3 is 5.32 Å². The van der Waals surface area contributed by atoms with E-state index in [1.54, 1.807) is 6.92 Å². The van der Waals surface area contributed by atoms with Gasteiger partial charge in [0.25, 0.3) is 0 Å². The molecule has 0 saturated carbocycles. The van der Waals surface area contributed by atoms with Gasteiger partial charge in [-0.25, -0.2) is 8.42 Å². The molecular weight excluding hydrogens is 210 g/mol. The number of sulfone groups is 1. The summed E-state index contributed by atoms with van der Waals surface area (Å²) >= 11 is 0. The highest BCUT2D eigenvalue weighted by Gasteiger charge is 2.22. The molecule has 0 rings (SSSR count). The molecule has 0 aliphatic carbocycles. The number of hydrogen-bond donors (Lipinski definition) is 1. The van der Waals surface area contributed by atoms with Gasteiger partial charge in [-0.1, -0.05) is 26.2 Å². The van der Waals surface area contributed by atoms with Crippen molar-refractivity contribution in [2.24, 2.45) is 5.92 Å². The predicted octanol–water partition coefficient (Wildman–Crippen LogP) is 1.06. The third-order valence-electron chi connectivity index (χ3n) is 2.49. The van der Waals surface area contributed by atoms with Crippen LogP contribution in [0, 0.1) is 18.3 Å². The molecule has 4 heteroatoms. The van der Waals surface area contributed by atoms with Crippen molar-refractivity contribution in [3.8, 4) is 12.3 Å². The topological polar surface area (TPSA) is 46.2 Å². The summed E-state index contributed by atoms with van der Waals surface area (Å²) in [5.41, 5.74) is 0. The van der Waals surface area contributed by atoms with E-state index in [-0.39, 0.29) is 16.9 Å². The van der Waals surface area contributed by atoms with Crippen molar-refractivity contribution in [1.82, 2.24) is 5.32 Å². The fourth-order valence-corrected chi connectivity index (χ4v) is 2.88. The lowest BCUT2D eigenvalue weighted by Crippen LogP contribution is -2.34. The normalized spacial score (nSPS) is 15.6. The number of nitrogens with one attached hydrogen (secondary N) is 1. The van der Waals surface area contributed by atoms with Gasteiger partial charge >= 0.3 is 0 Å².